The second-order valence-electron chi connectivity index (χ2n) is 5.27. The van der Waals surface area contributed by atoms with Gasteiger partial charge in [-0.05, 0) is 26.8 Å². The molecule has 22 heavy (non-hydrogen) atoms. The molecular formula is C15H17N5O2. The number of hydrogen-bond donors (Lipinski definition) is 1. The van der Waals surface area contributed by atoms with Crippen LogP contribution in [-0.4, -0.2) is 32.9 Å². The summed E-state index contributed by atoms with van der Waals surface area (Å²) >= 11 is 0. The van der Waals surface area contributed by atoms with Crippen molar-refractivity contribution in [3.63, 3.8) is 0 Å². The molecule has 0 unspecified atom stereocenters. The molecular weight excluding hydrogens is 282 g/mol. The first kappa shape index (κ1) is 14.2. The van der Waals surface area contributed by atoms with E-state index < -0.39 is 0 Å². The van der Waals surface area contributed by atoms with E-state index in [9.17, 15) is 4.79 Å². The Kier molecular flexibility index (Phi) is 3.20. The largest absolute Gasteiger partial charge is 0.355 e. The summed E-state index contributed by atoms with van der Waals surface area (Å²) in [6.07, 6.45) is 0. The van der Waals surface area contributed by atoms with Crippen molar-refractivity contribution in [2.75, 3.05) is 7.05 Å². The first-order valence-corrected chi connectivity index (χ1v) is 6.93. The third-order valence-corrected chi connectivity index (χ3v) is 3.79. The highest BCUT2D eigenvalue weighted by atomic mass is 16.5. The quantitative estimate of drug-likeness (QED) is 0.781. The van der Waals surface area contributed by atoms with Crippen LogP contribution < -0.4 is 5.32 Å². The molecule has 1 N–H and O–H groups in total. The van der Waals surface area contributed by atoms with E-state index in [1.165, 1.54) is 0 Å². The van der Waals surface area contributed by atoms with Gasteiger partial charge in [0.25, 0.3) is 11.6 Å². The zero-order valence-corrected chi connectivity index (χ0v) is 13.2. The first-order chi connectivity index (χ1) is 10.4. The minimum Gasteiger partial charge on any atom is -0.355 e. The van der Waals surface area contributed by atoms with Crippen LogP contribution in [0.15, 0.2) is 10.6 Å². The van der Waals surface area contributed by atoms with Crippen molar-refractivity contribution in [2.24, 2.45) is 7.05 Å². The summed E-state index contributed by atoms with van der Waals surface area (Å²) in [7, 11) is 3.47. The smallest absolute Gasteiger partial charge is 0.259 e. The Balaban J connectivity index is 2.39. The highest BCUT2D eigenvalue weighted by Crippen LogP contribution is 2.33. The maximum atomic E-state index is 12.2. The summed E-state index contributed by atoms with van der Waals surface area (Å²) in [4.78, 5) is 16.5. The van der Waals surface area contributed by atoms with Crippen molar-refractivity contribution < 1.29 is 9.32 Å². The topological polar surface area (TPSA) is 85.8 Å². The van der Waals surface area contributed by atoms with Crippen molar-refractivity contribution in [1.82, 2.24) is 25.2 Å². The molecule has 3 rings (SSSR count). The Labute approximate surface area is 127 Å². The molecule has 3 aromatic heterocycles. The third kappa shape index (κ3) is 1.97. The Morgan fingerprint density at radius 1 is 1.32 bits per heavy atom. The molecule has 1 amide bonds. The van der Waals surface area contributed by atoms with Gasteiger partial charge in [0.2, 0.25) is 0 Å². The molecule has 0 fully saturated rings. The highest BCUT2D eigenvalue weighted by molar-refractivity contribution is 6.09. The van der Waals surface area contributed by atoms with Crippen LogP contribution in [0.25, 0.3) is 22.4 Å². The van der Waals surface area contributed by atoms with Crippen LogP contribution in [0.4, 0.5) is 0 Å². The van der Waals surface area contributed by atoms with Gasteiger partial charge < -0.3 is 9.84 Å². The van der Waals surface area contributed by atoms with Gasteiger partial charge in [-0.2, -0.15) is 5.10 Å². The number of nitrogens with zero attached hydrogens (tertiary/aromatic N) is 4. The summed E-state index contributed by atoms with van der Waals surface area (Å²) < 4.78 is 7.14. The molecule has 0 aromatic carbocycles. The maximum Gasteiger partial charge on any atom is 0.259 e. The van der Waals surface area contributed by atoms with Crippen LogP contribution in [0.3, 0.4) is 0 Å². The normalized spacial score (nSPS) is 11.1. The second-order valence-corrected chi connectivity index (χ2v) is 5.27. The van der Waals surface area contributed by atoms with Gasteiger partial charge in [-0.15, -0.1) is 0 Å². The number of rotatable bonds is 2. The number of aryl methyl sites for hydroxylation is 3. The van der Waals surface area contributed by atoms with Gasteiger partial charge in [0.1, 0.15) is 5.69 Å². The predicted octanol–water partition coefficient (Wildman–Crippen LogP) is 1.91. The number of aromatic nitrogens is 4. The van der Waals surface area contributed by atoms with Crippen LogP contribution in [0.5, 0.6) is 0 Å². The molecule has 0 aliphatic carbocycles. The highest BCUT2D eigenvalue weighted by Gasteiger charge is 2.24. The Bertz CT molecular complexity index is 891. The van der Waals surface area contributed by atoms with E-state index in [0.29, 0.717) is 28.1 Å². The molecule has 0 bridgehead atoms. The van der Waals surface area contributed by atoms with Crippen LogP contribution in [0, 0.1) is 20.8 Å². The molecule has 0 aliphatic heterocycles. The van der Waals surface area contributed by atoms with Crippen molar-refractivity contribution in [3.05, 3.63) is 28.7 Å². The van der Waals surface area contributed by atoms with Gasteiger partial charge in [0, 0.05) is 31.0 Å². The van der Waals surface area contributed by atoms with E-state index in [2.05, 4.69) is 20.6 Å². The van der Waals surface area contributed by atoms with Crippen molar-refractivity contribution in [1.29, 1.82) is 0 Å². The van der Waals surface area contributed by atoms with E-state index in [0.717, 1.165) is 17.0 Å². The molecule has 7 nitrogen and oxygen atoms in total. The number of carbonyl (C=O) groups is 1. The van der Waals surface area contributed by atoms with E-state index in [-0.39, 0.29) is 5.91 Å². The average Bonchev–Trinajstić information content (AvgIpc) is 2.98. The minimum absolute atomic E-state index is 0.195. The van der Waals surface area contributed by atoms with E-state index in [1.807, 2.05) is 27.8 Å². The lowest BCUT2D eigenvalue weighted by atomic mass is 10.0. The van der Waals surface area contributed by atoms with Crippen LogP contribution in [0.1, 0.15) is 27.4 Å². The zero-order valence-electron chi connectivity index (χ0n) is 13.2. The predicted molar refractivity (Wildman–Crippen MR) is 81.6 cm³/mol. The maximum absolute atomic E-state index is 12.2. The lowest BCUT2D eigenvalue weighted by Gasteiger charge is -2.04. The lowest BCUT2D eigenvalue weighted by Crippen LogP contribution is -2.18. The third-order valence-electron chi connectivity index (χ3n) is 3.79. The van der Waals surface area contributed by atoms with Crippen LogP contribution in [-0.2, 0) is 7.05 Å². The molecule has 114 valence electrons. The van der Waals surface area contributed by atoms with E-state index >= 15 is 0 Å². The monoisotopic (exact) mass is 299 g/mol. The minimum atomic E-state index is -0.195. The molecule has 7 heteroatoms. The summed E-state index contributed by atoms with van der Waals surface area (Å²) in [6.45, 7) is 5.68. The summed E-state index contributed by atoms with van der Waals surface area (Å²) in [5.74, 6) is -0.195. The Morgan fingerprint density at radius 2 is 2.05 bits per heavy atom. The summed E-state index contributed by atoms with van der Waals surface area (Å²) in [5, 5.41) is 11.8. The number of hydrogen-bond acceptors (Lipinski definition) is 5. The fraction of sp³-hybridized carbons (Fsp3) is 0.333. The fourth-order valence-electron chi connectivity index (χ4n) is 2.67. The van der Waals surface area contributed by atoms with Gasteiger partial charge in [0.05, 0.1) is 16.6 Å². The molecule has 0 aliphatic rings. The number of nitrogens with one attached hydrogen (secondary N) is 1. The van der Waals surface area contributed by atoms with Gasteiger partial charge in [-0.3, -0.25) is 9.48 Å². The standard InChI is InChI=1S/C15H17N5O2/c1-7-6-10(14(21)16-4)12-13(19-22-15(12)17-7)11-8(2)18-20(5)9(11)3/h6H,1-5H3,(H,16,21). The number of pyridine rings is 1. The molecule has 0 atom stereocenters. The molecule has 0 spiro atoms. The SMILES string of the molecule is CNC(=O)c1cc(C)nc2onc(-c3c(C)nn(C)c3C)c12. The first-order valence-electron chi connectivity index (χ1n) is 6.93. The molecule has 0 saturated carbocycles. The lowest BCUT2D eigenvalue weighted by molar-refractivity contribution is 0.0964. The Morgan fingerprint density at radius 3 is 2.64 bits per heavy atom. The fourth-order valence-corrected chi connectivity index (χ4v) is 2.67. The van der Waals surface area contributed by atoms with Crippen LogP contribution >= 0.6 is 0 Å². The molecule has 3 aromatic rings. The second kappa shape index (κ2) is 4.94. The van der Waals surface area contributed by atoms with Crippen molar-refractivity contribution in [3.8, 4) is 11.3 Å². The van der Waals surface area contributed by atoms with Crippen molar-refractivity contribution in [2.45, 2.75) is 20.8 Å². The van der Waals surface area contributed by atoms with Crippen molar-refractivity contribution >= 4 is 17.0 Å². The summed E-state index contributed by atoms with van der Waals surface area (Å²) in [5.41, 5.74) is 4.82. The van der Waals surface area contributed by atoms with E-state index in [4.69, 9.17) is 4.52 Å². The Hall–Kier alpha value is -2.70. The van der Waals surface area contributed by atoms with Gasteiger partial charge in [0.15, 0.2) is 0 Å². The number of carbonyl (C=O) groups excluding carboxylic acids is 1. The average molecular weight is 299 g/mol. The zero-order chi connectivity index (χ0) is 16.0. The van der Waals surface area contributed by atoms with Gasteiger partial charge in [-0.25, -0.2) is 4.98 Å². The number of amides is 1. The summed E-state index contributed by atoms with van der Waals surface area (Å²) in [6, 6.07) is 1.74. The molecule has 3 heterocycles. The van der Waals surface area contributed by atoms with Gasteiger partial charge in [-0.1, -0.05) is 5.16 Å². The molecule has 0 saturated heterocycles. The van der Waals surface area contributed by atoms with E-state index in [1.54, 1.807) is 17.8 Å². The van der Waals surface area contributed by atoms with Gasteiger partial charge >= 0.3 is 0 Å². The number of fused-ring (bicyclic) bond motifs is 1. The van der Waals surface area contributed by atoms with Crippen LogP contribution in [0.2, 0.25) is 0 Å². The molecule has 0 radical (unpaired) electrons.